The van der Waals surface area contributed by atoms with Crippen LogP contribution in [0.2, 0.25) is 0 Å². The van der Waals surface area contributed by atoms with Gasteiger partial charge in [-0.2, -0.15) is 0 Å². The normalized spacial score (nSPS) is 18.2. The molecule has 0 spiro atoms. The molecule has 0 aliphatic heterocycles. The van der Waals surface area contributed by atoms with Gasteiger partial charge < -0.3 is 15.0 Å². The Morgan fingerprint density at radius 2 is 1.83 bits per heavy atom. The Morgan fingerprint density at radius 1 is 1.11 bits per heavy atom. The van der Waals surface area contributed by atoms with Crippen molar-refractivity contribution in [2.75, 3.05) is 39.9 Å². The van der Waals surface area contributed by atoms with E-state index in [-0.39, 0.29) is 0 Å². The third kappa shape index (κ3) is 7.34. The second-order valence-electron chi connectivity index (χ2n) is 5.43. The smallest absolute Gasteiger partial charge is 0.0477 e. The second-order valence-corrected chi connectivity index (χ2v) is 5.43. The van der Waals surface area contributed by atoms with Crippen LogP contribution in [0.25, 0.3) is 0 Å². The molecule has 0 heterocycles. The lowest BCUT2D eigenvalue weighted by molar-refractivity contribution is 0.144. The minimum absolute atomic E-state index is 0.831. The van der Waals surface area contributed by atoms with Gasteiger partial charge >= 0.3 is 0 Å². The minimum atomic E-state index is 0.831. The quantitative estimate of drug-likeness (QED) is 0.507. The molecule has 1 aliphatic rings. The maximum Gasteiger partial charge on any atom is 0.0477 e. The van der Waals surface area contributed by atoms with Gasteiger partial charge in [0.25, 0.3) is 0 Å². The molecule has 1 N–H and O–H groups in total. The number of hydrogen-bond acceptors (Lipinski definition) is 3. The van der Waals surface area contributed by atoms with Crippen molar-refractivity contribution >= 4 is 0 Å². The summed E-state index contributed by atoms with van der Waals surface area (Å²) < 4.78 is 5.32. The Bertz CT molecular complexity index is 179. The van der Waals surface area contributed by atoms with E-state index in [0.717, 1.165) is 38.8 Å². The predicted octanol–water partition coefficient (Wildman–Crippen LogP) is 2.66. The fraction of sp³-hybridized carbons (Fsp3) is 1.00. The average molecular weight is 256 g/mol. The number of ether oxygens (including phenoxy) is 1. The number of nitrogens with zero attached hydrogens (tertiary/aromatic N) is 1. The summed E-state index contributed by atoms with van der Waals surface area (Å²) in [5.41, 5.74) is 0. The van der Waals surface area contributed by atoms with E-state index in [0.29, 0.717) is 0 Å². The second kappa shape index (κ2) is 10.8. The van der Waals surface area contributed by atoms with E-state index in [9.17, 15) is 0 Å². The van der Waals surface area contributed by atoms with Gasteiger partial charge in [0, 0.05) is 32.3 Å². The van der Waals surface area contributed by atoms with E-state index < -0.39 is 0 Å². The molecule has 3 nitrogen and oxygen atoms in total. The lowest BCUT2D eigenvalue weighted by Gasteiger charge is -2.27. The highest BCUT2D eigenvalue weighted by Gasteiger charge is 2.15. The zero-order chi connectivity index (χ0) is 13.1. The fourth-order valence-corrected chi connectivity index (χ4v) is 2.71. The Labute approximate surface area is 113 Å². The molecule has 0 aromatic carbocycles. The summed E-state index contributed by atoms with van der Waals surface area (Å²) in [5, 5.41) is 3.51. The van der Waals surface area contributed by atoms with Gasteiger partial charge in [0.05, 0.1) is 0 Å². The first-order chi connectivity index (χ1) is 8.84. The summed E-state index contributed by atoms with van der Waals surface area (Å²) >= 11 is 0. The highest BCUT2D eigenvalue weighted by Crippen LogP contribution is 2.20. The summed E-state index contributed by atoms with van der Waals surface area (Å²) in [4.78, 5) is 2.56. The molecule has 1 saturated carbocycles. The molecule has 0 saturated heterocycles. The average Bonchev–Trinajstić information content (AvgIpc) is 2.66. The van der Waals surface area contributed by atoms with Gasteiger partial charge in [0.1, 0.15) is 0 Å². The molecule has 108 valence electrons. The molecule has 1 aliphatic carbocycles. The van der Waals surface area contributed by atoms with Crippen LogP contribution in [0.15, 0.2) is 0 Å². The summed E-state index contributed by atoms with van der Waals surface area (Å²) in [6.07, 6.45) is 9.68. The standard InChI is InChI=1S/C15H32N2O/c1-3-18-14-8-11-16-12-13-17(2)15-9-6-4-5-7-10-15/h15-16H,3-14H2,1-2H3. The van der Waals surface area contributed by atoms with Gasteiger partial charge in [0.2, 0.25) is 0 Å². The number of rotatable bonds is 9. The van der Waals surface area contributed by atoms with Gasteiger partial charge in [-0.3, -0.25) is 0 Å². The predicted molar refractivity (Wildman–Crippen MR) is 78.1 cm³/mol. The van der Waals surface area contributed by atoms with E-state index in [1.165, 1.54) is 45.1 Å². The lowest BCUT2D eigenvalue weighted by Crippen LogP contribution is -2.37. The molecule has 0 aromatic rings. The molecule has 0 atom stereocenters. The Morgan fingerprint density at radius 3 is 2.50 bits per heavy atom. The van der Waals surface area contributed by atoms with Gasteiger partial charge in [-0.25, -0.2) is 0 Å². The van der Waals surface area contributed by atoms with Crippen molar-refractivity contribution in [2.45, 2.75) is 57.9 Å². The molecular formula is C15H32N2O. The van der Waals surface area contributed by atoms with Gasteiger partial charge in [-0.05, 0) is 39.8 Å². The summed E-state index contributed by atoms with van der Waals surface area (Å²) in [6, 6.07) is 0.831. The van der Waals surface area contributed by atoms with E-state index in [1.54, 1.807) is 0 Å². The molecule has 18 heavy (non-hydrogen) atoms. The molecule has 1 fully saturated rings. The zero-order valence-electron chi connectivity index (χ0n) is 12.4. The first-order valence-electron chi connectivity index (χ1n) is 7.83. The van der Waals surface area contributed by atoms with Gasteiger partial charge in [-0.15, -0.1) is 0 Å². The van der Waals surface area contributed by atoms with Crippen molar-refractivity contribution < 1.29 is 4.74 Å². The largest absolute Gasteiger partial charge is 0.382 e. The molecule has 3 heteroatoms. The number of hydrogen-bond donors (Lipinski definition) is 1. The summed E-state index contributed by atoms with van der Waals surface area (Å²) in [7, 11) is 2.29. The highest BCUT2D eigenvalue weighted by atomic mass is 16.5. The first kappa shape index (κ1) is 15.9. The molecule has 0 radical (unpaired) electrons. The summed E-state index contributed by atoms with van der Waals surface area (Å²) in [5.74, 6) is 0. The van der Waals surface area contributed by atoms with Crippen LogP contribution in [-0.2, 0) is 4.74 Å². The van der Waals surface area contributed by atoms with Crippen molar-refractivity contribution in [3.63, 3.8) is 0 Å². The Kier molecular flexibility index (Phi) is 9.54. The van der Waals surface area contributed by atoms with E-state index in [2.05, 4.69) is 24.2 Å². The Hall–Kier alpha value is -0.120. The van der Waals surface area contributed by atoms with Crippen LogP contribution in [0.1, 0.15) is 51.9 Å². The molecule has 0 aromatic heterocycles. The maximum atomic E-state index is 5.32. The van der Waals surface area contributed by atoms with Crippen LogP contribution < -0.4 is 5.32 Å². The maximum absolute atomic E-state index is 5.32. The fourth-order valence-electron chi connectivity index (χ4n) is 2.71. The van der Waals surface area contributed by atoms with Gasteiger partial charge in [-0.1, -0.05) is 25.7 Å². The van der Waals surface area contributed by atoms with E-state index >= 15 is 0 Å². The molecule has 0 unspecified atom stereocenters. The zero-order valence-corrected chi connectivity index (χ0v) is 12.4. The van der Waals surface area contributed by atoms with Crippen LogP contribution >= 0.6 is 0 Å². The van der Waals surface area contributed by atoms with Crippen molar-refractivity contribution in [2.24, 2.45) is 0 Å². The van der Waals surface area contributed by atoms with Crippen LogP contribution in [0.3, 0.4) is 0 Å². The molecule has 0 bridgehead atoms. The van der Waals surface area contributed by atoms with E-state index in [4.69, 9.17) is 4.74 Å². The monoisotopic (exact) mass is 256 g/mol. The molecular weight excluding hydrogens is 224 g/mol. The van der Waals surface area contributed by atoms with Crippen LogP contribution in [0.5, 0.6) is 0 Å². The Balaban J connectivity index is 1.96. The van der Waals surface area contributed by atoms with Gasteiger partial charge in [0.15, 0.2) is 0 Å². The molecule has 1 rings (SSSR count). The van der Waals surface area contributed by atoms with E-state index in [1.807, 2.05) is 0 Å². The SMILES string of the molecule is CCOCCCNCCN(C)C1CCCCCC1. The number of likely N-dealkylation sites (N-methyl/N-ethyl adjacent to an activating group) is 1. The van der Waals surface area contributed by atoms with Crippen molar-refractivity contribution in [3.05, 3.63) is 0 Å². The van der Waals surface area contributed by atoms with Crippen molar-refractivity contribution in [3.8, 4) is 0 Å². The van der Waals surface area contributed by atoms with Crippen LogP contribution in [0.4, 0.5) is 0 Å². The van der Waals surface area contributed by atoms with Crippen LogP contribution in [-0.4, -0.2) is 50.8 Å². The first-order valence-corrected chi connectivity index (χ1v) is 7.83. The third-order valence-corrected chi connectivity index (χ3v) is 3.94. The summed E-state index contributed by atoms with van der Waals surface area (Å²) in [6.45, 7) is 7.15. The lowest BCUT2D eigenvalue weighted by atomic mass is 10.1. The van der Waals surface area contributed by atoms with Crippen LogP contribution in [0, 0.1) is 0 Å². The highest BCUT2D eigenvalue weighted by molar-refractivity contribution is 4.72. The molecule has 0 amide bonds. The van der Waals surface area contributed by atoms with Crippen molar-refractivity contribution in [1.29, 1.82) is 0 Å². The number of nitrogens with one attached hydrogen (secondary N) is 1. The minimum Gasteiger partial charge on any atom is -0.382 e. The van der Waals surface area contributed by atoms with Crippen molar-refractivity contribution in [1.82, 2.24) is 10.2 Å². The third-order valence-electron chi connectivity index (χ3n) is 3.94. The topological polar surface area (TPSA) is 24.5 Å².